The van der Waals surface area contributed by atoms with Gasteiger partial charge in [0, 0.05) is 27.3 Å². The molecule has 0 saturated carbocycles. The van der Waals surface area contributed by atoms with Gasteiger partial charge in [0.25, 0.3) is 5.56 Å². The van der Waals surface area contributed by atoms with Crippen LogP contribution in [-0.2, 0) is 25.4 Å². The molecule has 1 aromatic rings. The summed E-state index contributed by atoms with van der Waals surface area (Å²) < 4.78 is 2.32. The highest BCUT2D eigenvalue weighted by molar-refractivity contribution is 6.30. The molecule has 1 heterocycles. The lowest BCUT2D eigenvalue weighted by atomic mass is 10.3. The second kappa shape index (κ2) is 5.39. The molecule has 0 spiro atoms. The van der Waals surface area contributed by atoms with Crippen LogP contribution in [0.2, 0.25) is 0 Å². The van der Waals surface area contributed by atoms with Gasteiger partial charge in [-0.25, -0.2) is 4.79 Å². The Hall–Kier alpha value is -1.56. The van der Waals surface area contributed by atoms with Gasteiger partial charge in [-0.15, -0.1) is 11.6 Å². The number of hydrogen-bond acceptors (Lipinski definition) is 3. The summed E-state index contributed by atoms with van der Waals surface area (Å²) in [5.41, 5.74) is -0.434. The molecule has 0 radical (unpaired) electrons. The number of aromatic nitrogens is 2. The summed E-state index contributed by atoms with van der Waals surface area (Å²) in [5, 5.41) is -0.647. The zero-order valence-electron chi connectivity index (χ0n) is 10.8. The van der Waals surface area contributed by atoms with Crippen molar-refractivity contribution < 1.29 is 4.79 Å². The Labute approximate surface area is 109 Å². The highest BCUT2D eigenvalue weighted by atomic mass is 35.5. The first-order valence-electron chi connectivity index (χ1n) is 5.40. The number of amides is 1. The van der Waals surface area contributed by atoms with E-state index in [4.69, 9.17) is 11.6 Å². The van der Waals surface area contributed by atoms with E-state index in [1.54, 1.807) is 21.0 Å². The molecule has 1 rings (SSSR count). The molecule has 100 valence electrons. The minimum Gasteiger partial charge on any atom is -0.340 e. The Morgan fingerprint density at radius 3 is 2.50 bits per heavy atom. The van der Waals surface area contributed by atoms with Crippen molar-refractivity contribution in [2.24, 2.45) is 14.1 Å². The Morgan fingerprint density at radius 2 is 2.00 bits per heavy atom. The van der Waals surface area contributed by atoms with Crippen molar-refractivity contribution in [3.8, 4) is 0 Å². The topological polar surface area (TPSA) is 64.3 Å². The molecular weight excluding hydrogens is 258 g/mol. The van der Waals surface area contributed by atoms with Crippen LogP contribution in [0.4, 0.5) is 0 Å². The highest BCUT2D eigenvalue weighted by Gasteiger charge is 2.17. The molecule has 0 aliphatic carbocycles. The van der Waals surface area contributed by atoms with Crippen molar-refractivity contribution in [3.63, 3.8) is 0 Å². The fourth-order valence-electron chi connectivity index (χ4n) is 1.63. The van der Waals surface area contributed by atoms with Crippen LogP contribution in [0.15, 0.2) is 15.8 Å². The van der Waals surface area contributed by atoms with Gasteiger partial charge in [-0.3, -0.25) is 14.2 Å². The van der Waals surface area contributed by atoms with Gasteiger partial charge in [0.1, 0.15) is 5.38 Å². The summed E-state index contributed by atoms with van der Waals surface area (Å²) in [4.78, 5) is 36.3. The summed E-state index contributed by atoms with van der Waals surface area (Å²) in [5.74, 6) is -0.271. The van der Waals surface area contributed by atoms with Gasteiger partial charge in [-0.1, -0.05) is 0 Å². The van der Waals surface area contributed by atoms with E-state index < -0.39 is 16.6 Å². The minimum absolute atomic E-state index is 0.122. The lowest BCUT2D eigenvalue weighted by Gasteiger charge is -2.18. The van der Waals surface area contributed by atoms with E-state index in [1.165, 1.54) is 22.7 Å². The quantitative estimate of drug-likeness (QED) is 0.709. The maximum absolute atomic E-state index is 11.8. The van der Waals surface area contributed by atoms with Crippen molar-refractivity contribution in [2.45, 2.75) is 18.8 Å². The molecule has 0 fully saturated rings. The molecule has 0 saturated heterocycles. The molecule has 1 atom stereocenters. The normalized spacial score (nSPS) is 12.3. The lowest BCUT2D eigenvalue weighted by Crippen LogP contribution is -2.41. The Balaban J connectivity index is 3.10. The zero-order chi connectivity index (χ0) is 14.0. The Kier molecular flexibility index (Phi) is 4.34. The standard InChI is InChI=1S/C11H16ClN3O3/c1-7(12)9(16)13(2)5-8-6-14(3)11(18)15(4)10(8)17/h6-7H,5H2,1-4H3. The largest absolute Gasteiger partial charge is 0.340 e. The Bertz CT molecular complexity index is 574. The van der Waals surface area contributed by atoms with E-state index in [1.807, 2.05) is 0 Å². The molecule has 18 heavy (non-hydrogen) atoms. The van der Waals surface area contributed by atoms with Gasteiger partial charge in [-0.2, -0.15) is 0 Å². The van der Waals surface area contributed by atoms with Crippen molar-refractivity contribution in [2.75, 3.05) is 7.05 Å². The first-order chi connectivity index (χ1) is 8.25. The SMILES string of the molecule is CC(Cl)C(=O)N(C)Cc1cn(C)c(=O)n(C)c1=O. The van der Waals surface area contributed by atoms with Gasteiger partial charge < -0.3 is 9.47 Å². The van der Waals surface area contributed by atoms with Crippen LogP contribution in [0.3, 0.4) is 0 Å². The molecule has 0 N–H and O–H groups in total. The number of carbonyl (C=O) groups is 1. The maximum atomic E-state index is 11.8. The number of rotatable bonds is 3. The van der Waals surface area contributed by atoms with E-state index >= 15 is 0 Å². The molecule has 7 heteroatoms. The van der Waals surface area contributed by atoms with Crippen LogP contribution in [-0.4, -0.2) is 32.4 Å². The minimum atomic E-state index is -0.647. The molecule has 6 nitrogen and oxygen atoms in total. The van der Waals surface area contributed by atoms with Crippen LogP contribution in [0.5, 0.6) is 0 Å². The molecule has 0 aliphatic heterocycles. The summed E-state index contributed by atoms with van der Waals surface area (Å²) in [6, 6.07) is 0. The second-order valence-corrected chi connectivity index (χ2v) is 4.88. The first kappa shape index (κ1) is 14.5. The number of hydrogen-bond donors (Lipinski definition) is 0. The van der Waals surface area contributed by atoms with Crippen molar-refractivity contribution >= 4 is 17.5 Å². The number of nitrogens with zero attached hydrogens (tertiary/aromatic N) is 3. The lowest BCUT2D eigenvalue weighted by molar-refractivity contribution is -0.129. The van der Waals surface area contributed by atoms with E-state index in [-0.39, 0.29) is 12.5 Å². The smallest absolute Gasteiger partial charge is 0.330 e. The predicted octanol–water partition coefficient (Wildman–Crippen LogP) is -0.330. The van der Waals surface area contributed by atoms with Gasteiger partial charge >= 0.3 is 5.69 Å². The third kappa shape index (κ3) is 2.81. The average Bonchev–Trinajstić information content (AvgIpc) is 2.32. The van der Waals surface area contributed by atoms with Crippen LogP contribution in [0.25, 0.3) is 0 Å². The number of alkyl halides is 1. The molecule has 0 aromatic carbocycles. The van der Waals surface area contributed by atoms with Crippen LogP contribution in [0.1, 0.15) is 12.5 Å². The third-order valence-corrected chi connectivity index (χ3v) is 2.83. The first-order valence-corrected chi connectivity index (χ1v) is 5.84. The maximum Gasteiger partial charge on any atom is 0.330 e. The van der Waals surface area contributed by atoms with E-state index in [2.05, 4.69) is 0 Å². The zero-order valence-corrected chi connectivity index (χ0v) is 11.6. The van der Waals surface area contributed by atoms with Crippen LogP contribution >= 0.6 is 11.6 Å². The summed E-state index contributed by atoms with van der Waals surface area (Å²) in [7, 11) is 4.52. The van der Waals surface area contributed by atoms with Crippen LogP contribution in [0, 0.1) is 0 Å². The van der Waals surface area contributed by atoms with Crippen molar-refractivity contribution in [3.05, 3.63) is 32.6 Å². The van der Waals surface area contributed by atoms with E-state index in [0.717, 1.165) is 4.57 Å². The third-order valence-electron chi connectivity index (χ3n) is 2.64. The van der Waals surface area contributed by atoms with Crippen molar-refractivity contribution in [1.82, 2.24) is 14.0 Å². The van der Waals surface area contributed by atoms with Gasteiger partial charge in [-0.05, 0) is 6.92 Å². The fraction of sp³-hybridized carbons (Fsp3) is 0.545. The molecule has 1 amide bonds. The molecular formula is C11H16ClN3O3. The average molecular weight is 274 g/mol. The molecule has 1 aromatic heterocycles. The van der Waals surface area contributed by atoms with E-state index in [9.17, 15) is 14.4 Å². The molecule has 0 aliphatic rings. The van der Waals surface area contributed by atoms with Gasteiger partial charge in [0.15, 0.2) is 0 Å². The monoisotopic (exact) mass is 273 g/mol. The summed E-state index contributed by atoms with van der Waals surface area (Å²) in [6.07, 6.45) is 1.44. The van der Waals surface area contributed by atoms with Crippen molar-refractivity contribution in [1.29, 1.82) is 0 Å². The van der Waals surface area contributed by atoms with Gasteiger partial charge in [0.2, 0.25) is 5.91 Å². The molecule has 0 bridgehead atoms. The molecule has 1 unspecified atom stereocenters. The Morgan fingerprint density at radius 1 is 1.44 bits per heavy atom. The summed E-state index contributed by atoms with van der Waals surface area (Å²) in [6.45, 7) is 1.69. The van der Waals surface area contributed by atoms with E-state index in [0.29, 0.717) is 5.56 Å². The van der Waals surface area contributed by atoms with Crippen LogP contribution < -0.4 is 11.2 Å². The van der Waals surface area contributed by atoms with Gasteiger partial charge in [0.05, 0.1) is 12.1 Å². The number of aryl methyl sites for hydroxylation is 1. The number of halogens is 1. The second-order valence-electron chi connectivity index (χ2n) is 4.22. The number of carbonyl (C=O) groups excluding carboxylic acids is 1. The highest BCUT2D eigenvalue weighted by Crippen LogP contribution is 2.03. The fourth-order valence-corrected chi connectivity index (χ4v) is 1.80. The predicted molar refractivity (Wildman–Crippen MR) is 68.7 cm³/mol. The summed E-state index contributed by atoms with van der Waals surface area (Å²) >= 11 is 5.69.